The molecule has 3 nitrogen and oxygen atoms in total. The molecule has 0 radical (unpaired) electrons. The number of nitrogens with zero attached hydrogens (tertiary/aromatic N) is 2. The molecule has 0 atom stereocenters. The first-order valence-electron chi connectivity index (χ1n) is 10.3. The summed E-state index contributed by atoms with van der Waals surface area (Å²) in [5, 5.41) is 0.948. The van der Waals surface area contributed by atoms with E-state index in [-0.39, 0.29) is 22.8 Å². The van der Waals surface area contributed by atoms with Crippen LogP contribution in [-0.4, -0.2) is 29.8 Å². The Morgan fingerprint density at radius 2 is 1.65 bits per heavy atom. The number of Topliss-reactive ketones (excluding diaryl/α,β-unsaturated/α-hetero) is 1. The number of amidine groups is 1. The maximum Gasteiger partial charge on any atom is 0.182 e. The van der Waals surface area contributed by atoms with Crippen molar-refractivity contribution in [1.82, 2.24) is 0 Å². The van der Waals surface area contributed by atoms with Gasteiger partial charge in [-0.2, -0.15) is 0 Å². The Balaban J connectivity index is 0.00000272. The number of benzene rings is 3. The quantitative estimate of drug-likeness (QED) is 0.368. The summed E-state index contributed by atoms with van der Waals surface area (Å²) in [6.07, 6.45) is 1.09. The molecule has 0 aliphatic carbocycles. The normalized spacial score (nSPS) is 13.2. The highest BCUT2D eigenvalue weighted by Gasteiger charge is 2.22. The molecule has 0 spiro atoms. The van der Waals surface area contributed by atoms with Gasteiger partial charge in [-0.3, -0.25) is 9.79 Å². The highest BCUT2D eigenvalue weighted by Crippen LogP contribution is 2.28. The molecule has 0 fully saturated rings. The second kappa shape index (κ2) is 10.8. The number of hydrogen-bond donors (Lipinski definition) is 0. The number of halogens is 1. The number of anilines is 1. The molecule has 160 valence electrons. The van der Waals surface area contributed by atoms with Crippen molar-refractivity contribution in [3.05, 3.63) is 89.5 Å². The molecule has 0 bridgehead atoms. The van der Waals surface area contributed by atoms with Crippen LogP contribution in [0.3, 0.4) is 0 Å². The van der Waals surface area contributed by atoms with Crippen molar-refractivity contribution in [2.75, 3.05) is 23.7 Å². The Bertz CT molecular complexity index is 1060. The summed E-state index contributed by atoms with van der Waals surface area (Å²) >= 11 is 1.74. The van der Waals surface area contributed by atoms with Gasteiger partial charge in [0.1, 0.15) is 0 Å². The summed E-state index contributed by atoms with van der Waals surface area (Å²) in [4.78, 5) is 20.0. The van der Waals surface area contributed by atoms with Crippen LogP contribution in [0.25, 0.3) is 11.1 Å². The summed E-state index contributed by atoms with van der Waals surface area (Å²) < 4.78 is 0. The second-order valence-corrected chi connectivity index (χ2v) is 8.60. The maximum absolute atomic E-state index is 13.2. The third-order valence-electron chi connectivity index (χ3n) is 5.49. The van der Waals surface area contributed by atoms with E-state index >= 15 is 0 Å². The molecule has 3 aromatic rings. The third kappa shape index (κ3) is 5.46. The van der Waals surface area contributed by atoms with Gasteiger partial charge in [0.05, 0.1) is 6.54 Å². The van der Waals surface area contributed by atoms with Gasteiger partial charge < -0.3 is 4.90 Å². The first-order chi connectivity index (χ1) is 14.6. The molecule has 5 heteroatoms. The van der Waals surface area contributed by atoms with Gasteiger partial charge in [0.15, 0.2) is 11.0 Å². The van der Waals surface area contributed by atoms with E-state index in [9.17, 15) is 4.79 Å². The van der Waals surface area contributed by atoms with E-state index in [1.165, 1.54) is 11.1 Å². The fourth-order valence-electron chi connectivity index (χ4n) is 3.61. The Kier molecular flexibility index (Phi) is 8.10. The fourth-order valence-corrected chi connectivity index (χ4v) is 4.57. The molecule has 0 saturated carbocycles. The van der Waals surface area contributed by atoms with Crippen LogP contribution in [0, 0.1) is 13.8 Å². The lowest BCUT2D eigenvalue weighted by atomic mass is 10.0. The second-order valence-electron chi connectivity index (χ2n) is 7.54. The predicted octanol–water partition coefficient (Wildman–Crippen LogP) is 6.73. The summed E-state index contributed by atoms with van der Waals surface area (Å²) in [7, 11) is 0. The predicted molar refractivity (Wildman–Crippen MR) is 139 cm³/mol. The van der Waals surface area contributed by atoms with Gasteiger partial charge >= 0.3 is 0 Å². The SMILES string of the molecule is Br.Cc1cccc(N(CC(=O)c2ccc(-c3ccccc3)cc2)C2=NCCCS2)c1C. The van der Waals surface area contributed by atoms with Gasteiger partial charge in [-0.15, -0.1) is 17.0 Å². The molecular weight excluding hydrogens is 468 g/mol. The van der Waals surface area contributed by atoms with E-state index in [1.807, 2.05) is 42.5 Å². The van der Waals surface area contributed by atoms with Crippen molar-refractivity contribution in [3.63, 3.8) is 0 Å². The minimum absolute atomic E-state index is 0. The van der Waals surface area contributed by atoms with Gasteiger partial charge in [-0.25, -0.2) is 0 Å². The van der Waals surface area contributed by atoms with E-state index in [2.05, 4.69) is 49.1 Å². The van der Waals surface area contributed by atoms with Crippen molar-refractivity contribution in [2.45, 2.75) is 20.3 Å². The van der Waals surface area contributed by atoms with Crippen molar-refractivity contribution in [3.8, 4) is 11.1 Å². The molecule has 0 aromatic heterocycles. The van der Waals surface area contributed by atoms with Gasteiger partial charge in [-0.05, 0) is 48.6 Å². The fraction of sp³-hybridized carbons (Fsp3) is 0.231. The lowest BCUT2D eigenvalue weighted by Gasteiger charge is -2.29. The number of ketones is 1. The number of carbonyl (C=O) groups is 1. The number of thioether (sulfide) groups is 1. The summed E-state index contributed by atoms with van der Waals surface area (Å²) in [6.45, 7) is 5.34. The number of rotatable bonds is 5. The van der Waals surface area contributed by atoms with Crippen molar-refractivity contribution >= 4 is 45.4 Å². The molecule has 0 amide bonds. The largest absolute Gasteiger partial charge is 0.313 e. The Morgan fingerprint density at radius 1 is 0.935 bits per heavy atom. The zero-order chi connectivity index (χ0) is 20.9. The summed E-state index contributed by atoms with van der Waals surface area (Å²) in [5.41, 5.74) is 6.48. The van der Waals surface area contributed by atoms with Gasteiger partial charge in [0.25, 0.3) is 0 Å². The zero-order valence-corrected chi connectivity index (χ0v) is 20.4. The van der Waals surface area contributed by atoms with Crippen LogP contribution in [-0.2, 0) is 0 Å². The molecule has 3 aromatic carbocycles. The highest BCUT2D eigenvalue weighted by atomic mass is 79.9. The average molecular weight is 495 g/mol. The number of carbonyl (C=O) groups excluding carboxylic acids is 1. The topological polar surface area (TPSA) is 32.7 Å². The molecule has 31 heavy (non-hydrogen) atoms. The molecule has 0 unspecified atom stereocenters. The Morgan fingerprint density at radius 3 is 2.32 bits per heavy atom. The smallest absolute Gasteiger partial charge is 0.182 e. The van der Waals surface area contributed by atoms with Gasteiger partial charge in [-0.1, -0.05) is 78.5 Å². The molecule has 1 aliphatic rings. The van der Waals surface area contributed by atoms with E-state index in [1.54, 1.807) is 11.8 Å². The van der Waals surface area contributed by atoms with Crippen LogP contribution in [0.1, 0.15) is 27.9 Å². The maximum atomic E-state index is 13.2. The minimum Gasteiger partial charge on any atom is -0.313 e. The monoisotopic (exact) mass is 494 g/mol. The molecule has 0 saturated heterocycles. The van der Waals surface area contributed by atoms with E-state index in [0.29, 0.717) is 6.54 Å². The standard InChI is InChI=1S/C26H26N2OS.BrH/c1-19-8-6-11-24(20(19)2)28(26-27-16-7-17-30-26)18-25(29)23-14-12-22(13-15-23)21-9-4-3-5-10-21;/h3-6,8-15H,7,16-18H2,1-2H3;1H. The van der Waals surface area contributed by atoms with Crippen molar-refractivity contribution < 1.29 is 4.79 Å². The van der Waals surface area contributed by atoms with Crippen LogP contribution in [0.15, 0.2) is 77.8 Å². The average Bonchev–Trinajstić information content (AvgIpc) is 2.81. The third-order valence-corrected chi connectivity index (χ3v) is 6.59. The van der Waals surface area contributed by atoms with Crippen LogP contribution >= 0.6 is 28.7 Å². The van der Waals surface area contributed by atoms with E-state index < -0.39 is 0 Å². The number of hydrogen-bond acceptors (Lipinski definition) is 4. The van der Waals surface area contributed by atoms with Crippen LogP contribution in [0.4, 0.5) is 5.69 Å². The number of aryl methyl sites for hydroxylation is 1. The van der Waals surface area contributed by atoms with Crippen molar-refractivity contribution in [1.29, 1.82) is 0 Å². The van der Waals surface area contributed by atoms with Gasteiger partial charge in [0.2, 0.25) is 0 Å². The lowest BCUT2D eigenvalue weighted by molar-refractivity contribution is 0.100. The first-order valence-corrected chi connectivity index (χ1v) is 11.3. The minimum atomic E-state index is 0. The Labute approximate surface area is 199 Å². The summed E-state index contributed by atoms with van der Waals surface area (Å²) in [5.74, 6) is 1.14. The Hall–Kier alpha value is -2.37. The van der Waals surface area contributed by atoms with Crippen LogP contribution in [0.2, 0.25) is 0 Å². The summed E-state index contributed by atoms with van der Waals surface area (Å²) in [6, 6.07) is 24.4. The van der Waals surface area contributed by atoms with Crippen LogP contribution in [0.5, 0.6) is 0 Å². The molecule has 4 rings (SSSR count). The lowest BCUT2D eigenvalue weighted by Crippen LogP contribution is -2.36. The van der Waals surface area contributed by atoms with E-state index in [0.717, 1.165) is 46.3 Å². The van der Waals surface area contributed by atoms with E-state index in [4.69, 9.17) is 4.99 Å². The van der Waals surface area contributed by atoms with Crippen LogP contribution < -0.4 is 4.90 Å². The molecule has 0 N–H and O–H groups in total. The number of aliphatic imine (C=N–C) groups is 1. The molecule has 1 aliphatic heterocycles. The molecule has 1 heterocycles. The highest BCUT2D eigenvalue weighted by molar-refractivity contribution is 8.93. The van der Waals surface area contributed by atoms with Gasteiger partial charge in [0, 0.05) is 23.5 Å². The van der Waals surface area contributed by atoms with Crippen molar-refractivity contribution in [2.24, 2.45) is 4.99 Å². The first kappa shape index (κ1) is 23.3. The zero-order valence-electron chi connectivity index (χ0n) is 17.9. The molecular formula is C26H27BrN2OS.